The molecule has 0 saturated carbocycles. The van der Waals surface area contributed by atoms with Gasteiger partial charge in [-0.25, -0.2) is 0 Å². The Bertz CT molecular complexity index is 463. The number of hydrogen-bond donors (Lipinski definition) is 6. The summed E-state index contributed by atoms with van der Waals surface area (Å²) in [5, 5.41) is 21.9. The van der Waals surface area contributed by atoms with E-state index in [0.717, 1.165) is 0 Å². The maximum Gasteiger partial charge on any atom is 0.322 e. The summed E-state index contributed by atoms with van der Waals surface area (Å²) in [4.78, 5) is 44.9. The van der Waals surface area contributed by atoms with Crippen LogP contribution in [0.25, 0.3) is 0 Å². The molecule has 0 spiro atoms. The number of nitrogens with one attached hydrogen (secondary N) is 2. The third kappa shape index (κ3) is 10.5. The van der Waals surface area contributed by atoms with Crippen molar-refractivity contribution in [3.63, 3.8) is 0 Å². The summed E-state index contributed by atoms with van der Waals surface area (Å²) >= 11 is 4.29. The Morgan fingerprint density at radius 3 is 2.22 bits per heavy atom. The molecule has 2 atom stereocenters. The number of amides is 2. The van der Waals surface area contributed by atoms with Gasteiger partial charge in [-0.05, 0) is 12.8 Å². The zero-order valence-electron chi connectivity index (χ0n) is 13.0. The van der Waals surface area contributed by atoms with E-state index in [1.807, 2.05) is 0 Å². The summed E-state index contributed by atoms with van der Waals surface area (Å²) in [6.45, 7) is 2.91. The van der Waals surface area contributed by atoms with Gasteiger partial charge in [-0.2, -0.15) is 12.6 Å². The highest BCUT2D eigenvalue weighted by Crippen LogP contribution is 2.19. The van der Waals surface area contributed by atoms with Gasteiger partial charge in [-0.1, -0.05) is 13.8 Å². The zero-order valence-corrected chi connectivity index (χ0v) is 13.9. The van der Waals surface area contributed by atoms with Gasteiger partial charge in [-0.15, -0.1) is 0 Å². The van der Waals surface area contributed by atoms with Crippen molar-refractivity contribution in [2.24, 2.45) is 5.73 Å². The van der Waals surface area contributed by atoms with Crippen LogP contribution in [0.15, 0.2) is 0 Å². The van der Waals surface area contributed by atoms with Crippen LogP contribution in [0.4, 0.5) is 0 Å². The molecule has 0 rings (SSSR count). The van der Waals surface area contributed by atoms with Crippen molar-refractivity contribution < 1.29 is 29.4 Å². The molecule has 0 aliphatic heterocycles. The number of hydrogen-bond acceptors (Lipinski definition) is 6. The number of carboxylic acid groups (broad SMARTS) is 2. The highest BCUT2D eigenvalue weighted by molar-refractivity contribution is 7.81. The highest BCUT2D eigenvalue weighted by Gasteiger charge is 2.27. The first kappa shape index (κ1) is 21.2. The summed E-state index contributed by atoms with van der Waals surface area (Å²) in [5.41, 5.74) is 5.30. The average Bonchev–Trinajstić information content (AvgIpc) is 2.39. The van der Waals surface area contributed by atoms with Crippen LogP contribution >= 0.6 is 12.6 Å². The molecule has 0 aromatic heterocycles. The van der Waals surface area contributed by atoms with E-state index in [-0.39, 0.29) is 19.3 Å². The minimum absolute atomic E-state index is 0.0745. The van der Waals surface area contributed by atoms with Crippen molar-refractivity contribution in [1.82, 2.24) is 10.6 Å². The lowest BCUT2D eigenvalue weighted by molar-refractivity contribution is -0.139. The van der Waals surface area contributed by atoms with Gasteiger partial charge in [0.2, 0.25) is 11.8 Å². The van der Waals surface area contributed by atoms with Crippen LogP contribution in [0, 0.1) is 0 Å². The second kappa shape index (κ2) is 9.36. The maximum atomic E-state index is 12.0. The molecule has 132 valence electrons. The summed E-state index contributed by atoms with van der Waals surface area (Å²) in [6.07, 6.45) is -0.0731. The Kier molecular flexibility index (Phi) is 8.62. The number of carbonyl (C=O) groups is 4. The van der Waals surface area contributed by atoms with Gasteiger partial charge in [0.05, 0.1) is 0 Å². The van der Waals surface area contributed by atoms with Crippen LogP contribution in [0.1, 0.15) is 33.1 Å². The molecule has 0 aromatic carbocycles. The predicted octanol–water partition coefficient (Wildman–Crippen LogP) is -1.04. The van der Waals surface area contributed by atoms with Crippen molar-refractivity contribution in [1.29, 1.82) is 0 Å². The Morgan fingerprint density at radius 2 is 1.78 bits per heavy atom. The maximum absolute atomic E-state index is 12.0. The number of nitrogens with two attached hydrogens (primary N) is 1. The van der Waals surface area contributed by atoms with E-state index in [0.29, 0.717) is 0 Å². The second-order valence-corrected chi connectivity index (χ2v) is 6.94. The van der Waals surface area contributed by atoms with Gasteiger partial charge in [-0.3, -0.25) is 19.2 Å². The fourth-order valence-corrected chi connectivity index (χ4v) is 1.85. The molecule has 0 bridgehead atoms. The molecule has 23 heavy (non-hydrogen) atoms. The van der Waals surface area contributed by atoms with Crippen molar-refractivity contribution in [3.8, 4) is 0 Å². The molecule has 0 radical (unpaired) electrons. The largest absolute Gasteiger partial charge is 0.480 e. The molecule has 0 aliphatic rings. The van der Waals surface area contributed by atoms with Crippen molar-refractivity contribution in [3.05, 3.63) is 0 Å². The van der Waals surface area contributed by atoms with Gasteiger partial charge in [0, 0.05) is 11.2 Å². The molecule has 0 saturated heterocycles. The van der Waals surface area contributed by atoms with Crippen LogP contribution in [0.3, 0.4) is 0 Å². The second-order valence-electron chi connectivity index (χ2n) is 5.73. The lowest BCUT2D eigenvalue weighted by Crippen LogP contribution is -2.50. The van der Waals surface area contributed by atoms with E-state index in [9.17, 15) is 19.2 Å². The van der Waals surface area contributed by atoms with E-state index < -0.39 is 47.1 Å². The van der Waals surface area contributed by atoms with E-state index in [4.69, 9.17) is 15.9 Å². The Labute approximate surface area is 139 Å². The lowest BCUT2D eigenvalue weighted by Gasteiger charge is -2.25. The summed E-state index contributed by atoms with van der Waals surface area (Å²) in [7, 11) is 0. The molecule has 0 aromatic rings. The first-order chi connectivity index (χ1) is 10.4. The molecule has 2 amide bonds. The third-order valence-electron chi connectivity index (χ3n) is 2.77. The van der Waals surface area contributed by atoms with Crippen LogP contribution in [-0.4, -0.2) is 57.3 Å². The van der Waals surface area contributed by atoms with Crippen molar-refractivity contribution in [2.45, 2.75) is 49.9 Å². The zero-order chi connectivity index (χ0) is 18.2. The SMILES string of the molecule is CC(C)(S)CC(NC(=O)CCC(N)C(=O)O)C(=O)NCC(=O)O. The number of carbonyl (C=O) groups excluding carboxylic acids is 2. The first-order valence-corrected chi connectivity index (χ1v) is 7.36. The molecule has 0 heterocycles. The minimum atomic E-state index is -1.22. The molecule has 10 heteroatoms. The smallest absolute Gasteiger partial charge is 0.322 e. The standard InChI is InChI=1S/C13H23N3O6S/c1-13(2,23)5-8(11(20)15-6-10(18)19)16-9(17)4-3-7(14)12(21)22/h7-8,23H,3-6,14H2,1-2H3,(H,15,20)(H,16,17)(H,18,19)(H,21,22). The molecule has 0 fully saturated rings. The van der Waals surface area contributed by atoms with E-state index in [2.05, 4.69) is 23.3 Å². The van der Waals surface area contributed by atoms with Crippen LogP contribution in [-0.2, 0) is 19.2 Å². The molecule has 0 aliphatic carbocycles. The Balaban J connectivity index is 4.68. The summed E-state index contributed by atoms with van der Waals surface area (Å²) in [6, 6.07) is -2.14. The van der Waals surface area contributed by atoms with Gasteiger partial charge in [0.1, 0.15) is 18.6 Å². The first-order valence-electron chi connectivity index (χ1n) is 6.92. The Morgan fingerprint density at radius 1 is 1.22 bits per heavy atom. The summed E-state index contributed by atoms with van der Waals surface area (Å²) in [5.74, 6) is -3.62. The number of thiol groups is 1. The quantitative estimate of drug-likeness (QED) is 0.275. The number of aliphatic carboxylic acids is 2. The van der Waals surface area contributed by atoms with Gasteiger partial charge < -0.3 is 26.6 Å². The molecule has 6 N–H and O–H groups in total. The molecular formula is C13H23N3O6S. The molecule has 2 unspecified atom stereocenters. The topological polar surface area (TPSA) is 159 Å². The lowest BCUT2D eigenvalue weighted by atomic mass is 10.0. The highest BCUT2D eigenvalue weighted by atomic mass is 32.1. The minimum Gasteiger partial charge on any atom is -0.480 e. The third-order valence-corrected chi connectivity index (χ3v) is 2.95. The van der Waals surface area contributed by atoms with Gasteiger partial charge in [0.25, 0.3) is 0 Å². The fraction of sp³-hybridized carbons (Fsp3) is 0.692. The molecular weight excluding hydrogens is 326 g/mol. The van der Waals surface area contributed by atoms with E-state index in [1.54, 1.807) is 13.8 Å². The summed E-state index contributed by atoms with van der Waals surface area (Å²) < 4.78 is -0.587. The van der Waals surface area contributed by atoms with Gasteiger partial charge in [0.15, 0.2) is 0 Å². The van der Waals surface area contributed by atoms with E-state index >= 15 is 0 Å². The number of rotatable bonds is 10. The average molecular weight is 349 g/mol. The van der Waals surface area contributed by atoms with Crippen LogP contribution in [0.5, 0.6) is 0 Å². The number of carboxylic acids is 2. The predicted molar refractivity (Wildman–Crippen MR) is 85.1 cm³/mol. The van der Waals surface area contributed by atoms with Crippen molar-refractivity contribution >= 4 is 36.4 Å². The van der Waals surface area contributed by atoms with Crippen LogP contribution in [0.2, 0.25) is 0 Å². The monoisotopic (exact) mass is 349 g/mol. The van der Waals surface area contributed by atoms with Crippen molar-refractivity contribution in [2.75, 3.05) is 6.54 Å². The fourth-order valence-electron chi connectivity index (χ4n) is 1.67. The van der Waals surface area contributed by atoms with E-state index in [1.165, 1.54) is 0 Å². The van der Waals surface area contributed by atoms with Crippen LogP contribution < -0.4 is 16.4 Å². The van der Waals surface area contributed by atoms with Gasteiger partial charge >= 0.3 is 11.9 Å². The normalized spacial score (nSPS) is 13.7. The Hall–Kier alpha value is -1.81. The molecule has 9 nitrogen and oxygen atoms in total.